The SMILES string of the molecule is Cc1nc(C)c(-c2ncnc(C(=O)O)c2F)s1. The van der Waals surface area contributed by atoms with Crippen molar-refractivity contribution in [3.63, 3.8) is 0 Å². The molecule has 0 saturated heterocycles. The van der Waals surface area contributed by atoms with Gasteiger partial charge in [-0.1, -0.05) is 0 Å². The summed E-state index contributed by atoms with van der Waals surface area (Å²) in [5, 5.41) is 9.54. The fourth-order valence-corrected chi connectivity index (χ4v) is 2.34. The van der Waals surface area contributed by atoms with Crippen LogP contribution in [0.1, 0.15) is 21.2 Å². The van der Waals surface area contributed by atoms with Crippen LogP contribution in [0.3, 0.4) is 0 Å². The highest BCUT2D eigenvalue weighted by atomic mass is 32.1. The van der Waals surface area contributed by atoms with Gasteiger partial charge in [0, 0.05) is 0 Å². The zero-order valence-corrected chi connectivity index (χ0v) is 9.88. The van der Waals surface area contributed by atoms with E-state index >= 15 is 0 Å². The summed E-state index contributed by atoms with van der Waals surface area (Å²) < 4.78 is 13.9. The summed E-state index contributed by atoms with van der Waals surface area (Å²) in [6, 6.07) is 0. The largest absolute Gasteiger partial charge is 0.476 e. The molecule has 0 spiro atoms. The first-order valence-electron chi connectivity index (χ1n) is 4.69. The van der Waals surface area contributed by atoms with Crippen molar-refractivity contribution in [2.45, 2.75) is 13.8 Å². The maximum absolute atomic E-state index is 13.9. The molecule has 0 aliphatic rings. The maximum atomic E-state index is 13.9. The minimum atomic E-state index is -1.41. The summed E-state index contributed by atoms with van der Waals surface area (Å²) in [5.74, 6) is -2.34. The van der Waals surface area contributed by atoms with Crippen molar-refractivity contribution in [3.8, 4) is 10.6 Å². The molecule has 0 aliphatic carbocycles. The van der Waals surface area contributed by atoms with E-state index in [1.54, 1.807) is 13.8 Å². The summed E-state index contributed by atoms with van der Waals surface area (Å²) in [4.78, 5) is 22.6. The Hall–Kier alpha value is -1.89. The predicted molar refractivity (Wildman–Crippen MR) is 59.5 cm³/mol. The Morgan fingerprint density at radius 2 is 2.12 bits per heavy atom. The standard InChI is InChI=1S/C10H8FN3O2S/c1-4-9(17-5(2)14-4)7-6(11)8(10(15)16)13-3-12-7/h3H,1-2H3,(H,15,16). The summed E-state index contributed by atoms with van der Waals surface area (Å²) in [5.41, 5.74) is -0.0117. The Morgan fingerprint density at radius 1 is 1.41 bits per heavy atom. The third-order valence-electron chi connectivity index (χ3n) is 2.11. The van der Waals surface area contributed by atoms with Crippen molar-refractivity contribution in [1.82, 2.24) is 15.0 Å². The number of hydrogen-bond acceptors (Lipinski definition) is 5. The van der Waals surface area contributed by atoms with Gasteiger partial charge < -0.3 is 5.11 Å². The quantitative estimate of drug-likeness (QED) is 0.886. The van der Waals surface area contributed by atoms with Gasteiger partial charge in [0.25, 0.3) is 0 Å². The van der Waals surface area contributed by atoms with E-state index in [0.717, 1.165) is 11.3 Å². The van der Waals surface area contributed by atoms with E-state index in [1.807, 2.05) is 0 Å². The van der Waals surface area contributed by atoms with Gasteiger partial charge >= 0.3 is 5.97 Å². The van der Waals surface area contributed by atoms with Crippen molar-refractivity contribution in [2.24, 2.45) is 0 Å². The van der Waals surface area contributed by atoms with Crippen molar-refractivity contribution >= 4 is 17.3 Å². The van der Waals surface area contributed by atoms with Crippen LogP contribution < -0.4 is 0 Å². The number of aryl methyl sites for hydroxylation is 2. The molecule has 0 atom stereocenters. The van der Waals surface area contributed by atoms with Gasteiger partial charge in [0.15, 0.2) is 11.5 Å². The lowest BCUT2D eigenvalue weighted by Crippen LogP contribution is -2.06. The lowest BCUT2D eigenvalue weighted by Gasteiger charge is -2.01. The van der Waals surface area contributed by atoms with Crippen LogP contribution in [0.4, 0.5) is 4.39 Å². The lowest BCUT2D eigenvalue weighted by atomic mass is 10.2. The van der Waals surface area contributed by atoms with Crippen molar-refractivity contribution in [2.75, 3.05) is 0 Å². The van der Waals surface area contributed by atoms with E-state index in [9.17, 15) is 9.18 Å². The Balaban J connectivity index is 2.64. The minimum Gasteiger partial charge on any atom is -0.476 e. The van der Waals surface area contributed by atoms with Crippen LogP contribution in [0.5, 0.6) is 0 Å². The molecule has 5 nitrogen and oxygen atoms in total. The number of aromatic nitrogens is 3. The highest BCUT2D eigenvalue weighted by Crippen LogP contribution is 2.30. The van der Waals surface area contributed by atoms with Gasteiger partial charge in [-0.15, -0.1) is 11.3 Å². The van der Waals surface area contributed by atoms with Crippen LogP contribution in [-0.4, -0.2) is 26.0 Å². The molecule has 0 aliphatic heterocycles. The van der Waals surface area contributed by atoms with E-state index in [2.05, 4.69) is 15.0 Å². The Morgan fingerprint density at radius 3 is 2.65 bits per heavy atom. The van der Waals surface area contributed by atoms with Crippen molar-refractivity contribution in [3.05, 3.63) is 28.5 Å². The highest BCUT2D eigenvalue weighted by Gasteiger charge is 2.20. The van der Waals surface area contributed by atoms with Gasteiger partial charge in [0.2, 0.25) is 0 Å². The Labute approximate surface area is 100 Å². The van der Waals surface area contributed by atoms with Crippen LogP contribution in [0.15, 0.2) is 6.33 Å². The fraction of sp³-hybridized carbons (Fsp3) is 0.200. The van der Waals surface area contributed by atoms with Gasteiger partial charge in [-0.3, -0.25) is 0 Å². The van der Waals surface area contributed by atoms with E-state index in [4.69, 9.17) is 5.11 Å². The number of thiazole rings is 1. The van der Waals surface area contributed by atoms with Crippen molar-refractivity contribution in [1.29, 1.82) is 0 Å². The van der Waals surface area contributed by atoms with Gasteiger partial charge in [-0.05, 0) is 13.8 Å². The lowest BCUT2D eigenvalue weighted by molar-refractivity contribution is 0.0684. The molecule has 0 bridgehead atoms. The van der Waals surface area contributed by atoms with Crippen LogP contribution in [0.2, 0.25) is 0 Å². The first-order chi connectivity index (χ1) is 8.00. The molecule has 7 heteroatoms. The van der Waals surface area contributed by atoms with E-state index < -0.39 is 17.5 Å². The fourth-order valence-electron chi connectivity index (χ4n) is 1.43. The minimum absolute atomic E-state index is 0.0134. The molecule has 1 N–H and O–H groups in total. The van der Waals surface area contributed by atoms with Crippen LogP contribution in [-0.2, 0) is 0 Å². The maximum Gasteiger partial charge on any atom is 0.357 e. The average Bonchev–Trinajstić information content (AvgIpc) is 2.57. The monoisotopic (exact) mass is 253 g/mol. The third-order valence-corrected chi connectivity index (χ3v) is 3.19. The number of halogens is 1. The van der Waals surface area contributed by atoms with Crippen LogP contribution in [0.25, 0.3) is 10.6 Å². The Kier molecular flexibility index (Phi) is 2.84. The normalized spacial score (nSPS) is 10.5. The second-order valence-electron chi connectivity index (χ2n) is 3.34. The number of aromatic carboxylic acids is 1. The Bertz CT molecular complexity index is 597. The first kappa shape index (κ1) is 11.6. The summed E-state index contributed by atoms with van der Waals surface area (Å²) in [7, 11) is 0. The molecule has 2 aromatic rings. The highest BCUT2D eigenvalue weighted by molar-refractivity contribution is 7.15. The third kappa shape index (κ3) is 2.01. The molecule has 0 fully saturated rings. The molecule has 0 saturated carbocycles. The summed E-state index contributed by atoms with van der Waals surface area (Å²) in [6.45, 7) is 3.51. The molecule has 17 heavy (non-hydrogen) atoms. The topological polar surface area (TPSA) is 76.0 Å². The number of carbonyl (C=O) groups is 1. The van der Waals surface area contributed by atoms with E-state index in [1.165, 1.54) is 11.3 Å². The number of rotatable bonds is 2. The molecule has 88 valence electrons. The second kappa shape index (κ2) is 4.17. The van der Waals surface area contributed by atoms with E-state index in [0.29, 0.717) is 10.6 Å². The first-order valence-corrected chi connectivity index (χ1v) is 5.50. The summed E-state index contributed by atoms with van der Waals surface area (Å²) >= 11 is 1.27. The zero-order valence-electron chi connectivity index (χ0n) is 9.06. The van der Waals surface area contributed by atoms with Gasteiger partial charge in [0.1, 0.15) is 12.0 Å². The molecular formula is C10H8FN3O2S. The van der Waals surface area contributed by atoms with Crippen LogP contribution in [0, 0.1) is 19.7 Å². The van der Waals surface area contributed by atoms with E-state index in [-0.39, 0.29) is 5.69 Å². The van der Waals surface area contributed by atoms with Gasteiger partial charge in [-0.2, -0.15) is 0 Å². The number of carboxylic acid groups (broad SMARTS) is 1. The van der Waals surface area contributed by atoms with Crippen molar-refractivity contribution < 1.29 is 14.3 Å². The van der Waals surface area contributed by atoms with Gasteiger partial charge in [0.05, 0.1) is 15.6 Å². The molecule has 0 aromatic carbocycles. The second-order valence-corrected chi connectivity index (χ2v) is 4.54. The smallest absolute Gasteiger partial charge is 0.357 e. The predicted octanol–water partition coefficient (Wildman–Crippen LogP) is 2.05. The van der Waals surface area contributed by atoms with Gasteiger partial charge in [-0.25, -0.2) is 24.1 Å². The summed E-state index contributed by atoms with van der Waals surface area (Å²) in [6.07, 6.45) is 1.04. The molecule has 2 heterocycles. The average molecular weight is 253 g/mol. The molecule has 2 rings (SSSR count). The molecule has 0 unspecified atom stereocenters. The molecular weight excluding hydrogens is 245 g/mol. The zero-order chi connectivity index (χ0) is 12.6. The van der Waals surface area contributed by atoms with Crippen LogP contribution >= 0.6 is 11.3 Å². The number of hydrogen-bond donors (Lipinski definition) is 1. The molecule has 0 radical (unpaired) electrons. The number of carboxylic acids is 1. The number of nitrogens with zero attached hydrogens (tertiary/aromatic N) is 3. The molecule has 0 amide bonds. The molecule has 2 aromatic heterocycles.